The van der Waals surface area contributed by atoms with Crippen molar-refractivity contribution in [1.82, 2.24) is 5.43 Å². The number of amides is 2. The van der Waals surface area contributed by atoms with Gasteiger partial charge in [0.2, 0.25) is 5.91 Å². The summed E-state index contributed by atoms with van der Waals surface area (Å²) in [6.45, 7) is 3.78. The highest BCUT2D eigenvalue weighted by Gasteiger charge is 2.39. The molecule has 0 fully saturated rings. The van der Waals surface area contributed by atoms with Gasteiger partial charge in [0.1, 0.15) is 0 Å². The number of hydrazone groups is 1. The molecule has 0 radical (unpaired) electrons. The molecule has 3 rings (SSSR count). The molecule has 0 atom stereocenters. The fraction of sp³-hybridized carbons (Fsp3) is 0.308. The van der Waals surface area contributed by atoms with Crippen LogP contribution in [0.1, 0.15) is 25.0 Å². The lowest BCUT2D eigenvalue weighted by molar-refractivity contribution is -0.119. The summed E-state index contributed by atoms with van der Waals surface area (Å²) in [6, 6.07) is 3.88. The maximum Gasteiger partial charge on any atom is 0.299 e. The third kappa shape index (κ3) is 2.05. The monoisotopic (exact) mass is 353 g/mol. The molecule has 2 aliphatic heterocycles. The second-order valence-electron chi connectivity index (χ2n) is 5.21. The Bertz CT molecular complexity index is 670. The van der Waals surface area contributed by atoms with Crippen molar-refractivity contribution in [3.05, 3.63) is 27.7 Å². The molecule has 5 nitrogen and oxygen atoms in total. The summed E-state index contributed by atoms with van der Waals surface area (Å²) in [4.78, 5) is 23.1. The van der Waals surface area contributed by atoms with E-state index in [1.807, 2.05) is 26.0 Å². The van der Waals surface area contributed by atoms with Gasteiger partial charge in [-0.15, -0.1) is 0 Å². The molecule has 20 heavy (non-hydrogen) atoms. The first-order valence-corrected chi connectivity index (χ1v) is 7.82. The molecular formula is C13H12BrN3O2S. The summed E-state index contributed by atoms with van der Waals surface area (Å²) < 4.78 is 0.827. The van der Waals surface area contributed by atoms with Gasteiger partial charge in [-0.25, -0.2) is 5.43 Å². The van der Waals surface area contributed by atoms with Crippen molar-refractivity contribution < 1.29 is 9.59 Å². The number of hydrogen-bond acceptors (Lipinski definition) is 4. The van der Waals surface area contributed by atoms with E-state index in [0.717, 1.165) is 27.0 Å². The van der Waals surface area contributed by atoms with Crippen LogP contribution in [0.5, 0.6) is 0 Å². The van der Waals surface area contributed by atoms with Gasteiger partial charge in [-0.3, -0.25) is 9.59 Å². The number of thioether (sulfide) groups is 1. The molecule has 2 amide bonds. The Labute approximate surface area is 128 Å². The standard InChI is InChI=1S/C13H12BrN3O2S/c1-13(2)7-3-6(9-5-20-12(19)17-16-9)4-8(14)10(7)15-11(13)18/h3-4H,5H2,1-2H3,(H,15,18)(H,17,19). The molecule has 0 unspecified atom stereocenters. The van der Waals surface area contributed by atoms with Crippen LogP contribution in [0.15, 0.2) is 21.7 Å². The minimum atomic E-state index is -0.570. The Morgan fingerprint density at radius 3 is 2.75 bits per heavy atom. The summed E-state index contributed by atoms with van der Waals surface area (Å²) in [5, 5.41) is 6.83. The number of hydrogen-bond donors (Lipinski definition) is 2. The zero-order valence-corrected chi connectivity index (χ0v) is 13.3. The van der Waals surface area contributed by atoms with Crippen LogP contribution in [-0.2, 0) is 10.2 Å². The SMILES string of the molecule is CC1(C)C(=O)Nc2c(Br)cc(C3=NNC(=O)SC3)cc21. The zero-order chi connectivity index (χ0) is 14.5. The van der Waals surface area contributed by atoms with Crippen LogP contribution in [0.4, 0.5) is 10.5 Å². The lowest BCUT2D eigenvalue weighted by atomic mass is 9.85. The maximum atomic E-state index is 12.0. The fourth-order valence-electron chi connectivity index (χ4n) is 2.24. The minimum Gasteiger partial charge on any atom is -0.324 e. The number of carbonyl (C=O) groups is 2. The molecule has 0 spiro atoms. The van der Waals surface area contributed by atoms with E-state index in [0.29, 0.717) is 5.75 Å². The molecule has 104 valence electrons. The Morgan fingerprint density at radius 1 is 1.35 bits per heavy atom. The zero-order valence-electron chi connectivity index (χ0n) is 10.9. The number of carbonyl (C=O) groups excluding carboxylic acids is 2. The van der Waals surface area contributed by atoms with Gasteiger partial charge in [-0.1, -0.05) is 11.8 Å². The van der Waals surface area contributed by atoms with E-state index in [-0.39, 0.29) is 11.1 Å². The number of benzene rings is 1. The Morgan fingerprint density at radius 2 is 2.10 bits per heavy atom. The number of nitrogens with zero attached hydrogens (tertiary/aromatic N) is 1. The molecule has 0 aliphatic carbocycles. The molecule has 7 heteroatoms. The summed E-state index contributed by atoms with van der Waals surface area (Å²) >= 11 is 4.67. The Balaban J connectivity index is 2.09. The molecule has 2 N–H and O–H groups in total. The van der Waals surface area contributed by atoms with E-state index < -0.39 is 5.41 Å². The van der Waals surface area contributed by atoms with Gasteiger partial charge in [0, 0.05) is 15.8 Å². The second kappa shape index (κ2) is 4.60. The summed E-state index contributed by atoms with van der Waals surface area (Å²) in [5.74, 6) is 0.511. The van der Waals surface area contributed by atoms with Gasteiger partial charge in [0.25, 0.3) is 5.24 Å². The van der Waals surface area contributed by atoms with E-state index in [2.05, 4.69) is 31.8 Å². The van der Waals surface area contributed by atoms with Crippen molar-refractivity contribution in [2.45, 2.75) is 19.3 Å². The number of nitrogens with one attached hydrogen (secondary N) is 2. The highest BCUT2D eigenvalue weighted by Crippen LogP contribution is 2.42. The van der Waals surface area contributed by atoms with Crippen molar-refractivity contribution in [2.24, 2.45) is 5.10 Å². The van der Waals surface area contributed by atoms with Crippen molar-refractivity contribution in [3.63, 3.8) is 0 Å². The average molecular weight is 354 g/mol. The van der Waals surface area contributed by atoms with Gasteiger partial charge in [-0.2, -0.15) is 5.10 Å². The van der Waals surface area contributed by atoms with Crippen molar-refractivity contribution in [2.75, 3.05) is 11.1 Å². The first-order valence-electron chi connectivity index (χ1n) is 6.05. The van der Waals surface area contributed by atoms with Gasteiger partial charge in [0.15, 0.2) is 0 Å². The largest absolute Gasteiger partial charge is 0.324 e. The Hall–Kier alpha value is -1.34. The molecular weight excluding hydrogens is 342 g/mol. The smallest absolute Gasteiger partial charge is 0.299 e. The van der Waals surface area contributed by atoms with E-state index >= 15 is 0 Å². The third-order valence-electron chi connectivity index (χ3n) is 3.53. The number of anilines is 1. The minimum absolute atomic E-state index is 0.0152. The van der Waals surface area contributed by atoms with Crippen LogP contribution in [0.2, 0.25) is 0 Å². The lowest BCUT2D eigenvalue weighted by Crippen LogP contribution is -2.27. The number of rotatable bonds is 1. The molecule has 2 aliphatic rings. The number of halogens is 1. The second-order valence-corrected chi connectivity index (χ2v) is 7.01. The van der Waals surface area contributed by atoms with Crippen molar-refractivity contribution >= 4 is 50.2 Å². The first kappa shape index (κ1) is 13.6. The molecule has 0 aromatic heterocycles. The van der Waals surface area contributed by atoms with Crippen molar-refractivity contribution in [3.8, 4) is 0 Å². The third-order valence-corrected chi connectivity index (χ3v) is 4.92. The molecule has 0 bridgehead atoms. The van der Waals surface area contributed by atoms with Crippen LogP contribution < -0.4 is 10.7 Å². The first-order chi connectivity index (χ1) is 9.39. The predicted octanol–water partition coefficient (Wildman–Crippen LogP) is 2.84. The van der Waals surface area contributed by atoms with Gasteiger partial charge >= 0.3 is 0 Å². The van der Waals surface area contributed by atoms with Crippen LogP contribution in [0.3, 0.4) is 0 Å². The fourth-order valence-corrected chi connectivity index (χ4v) is 3.41. The summed E-state index contributed by atoms with van der Waals surface area (Å²) in [6.07, 6.45) is 0. The van der Waals surface area contributed by atoms with Gasteiger partial charge < -0.3 is 5.32 Å². The van der Waals surface area contributed by atoms with Crippen LogP contribution in [0, 0.1) is 0 Å². The predicted molar refractivity (Wildman–Crippen MR) is 83.3 cm³/mol. The van der Waals surface area contributed by atoms with E-state index in [9.17, 15) is 9.59 Å². The maximum absolute atomic E-state index is 12.0. The van der Waals surface area contributed by atoms with E-state index in [1.54, 1.807) is 0 Å². The van der Waals surface area contributed by atoms with Crippen molar-refractivity contribution in [1.29, 1.82) is 0 Å². The van der Waals surface area contributed by atoms with E-state index in [4.69, 9.17) is 0 Å². The highest BCUT2D eigenvalue weighted by molar-refractivity contribution is 9.10. The summed E-state index contributed by atoms with van der Waals surface area (Å²) in [5.41, 5.74) is 5.36. The summed E-state index contributed by atoms with van der Waals surface area (Å²) in [7, 11) is 0. The molecule has 1 aromatic carbocycles. The molecule has 1 aromatic rings. The molecule has 0 saturated heterocycles. The topological polar surface area (TPSA) is 70.6 Å². The van der Waals surface area contributed by atoms with Gasteiger partial charge in [0.05, 0.1) is 16.8 Å². The number of fused-ring (bicyclic) bond motifs is 1. The Kier molecular flexibility index (Phi) is 3.13. The van der Waals surface area contributed by atoms with Crippen LogP contribution in [-0.4, -0.2) is 22.6 Å². The molecule has 0 saturated carbocycles. The highest BCUT2D eigenvalue weighted by atomic mass is 79.9. The molecule has 2 heterocycles. The van der Waals surface area contributed by atoms with Crippen LogP contribution in [0.25, 0.3) is 0 Å². The van der Waals surface area contributed by atoms with Crippen LogP contribution >= 0.6 is 27.7 Å². The normalized spacial score (nSPS) is 20.1. The lowest BCUT2D eigenvalue weighted by Gasteiger charge is -2.18. The van der Waals surface area contributed by atoms with Gasteiger partial charge in [-0.05, 0) is 47.5 Å². The average Bonchev–Trinajstić information content (AvgIpc) is 2.63. The quantitative estimate of drug-likeness (QED) is 0.815. The van der Waals surface area contributed by atoms with E-state index in [1.165, 1.54) is 11.8 Å².